The molecule has 1 aromatic carbocycles. The largest absolute Gasteiger partial charge is 0.508 e. The number of benzene rings is 1. The van der Waals surface area contributed by atoms with E-state index in [-0.39, 0.29) is 24.2 Å². The van der Waals surface area contributed by atoms with Crippen LogP contribution in [0.5, 0.6) is 5.75 Å². The number of phenols is 1. The zero-order chi connectivity index (χ0) is 28.8. The number of alkyl carbamates (subject to hydrolysis) is 1. The van der Waals surface area contributed by atoms with Crippen molar-refractivity contribution < 1.29 is 29.3 Å². The van der Waals surface area contributed by atoms with Gasteiger partial charge in [0.15, 0.2) is 0 Å². The van der Waals surface area contributed by atoms with Crippen molar-refractivity contribution in [3.8, 4) is 5.75 Å². The third-order valence-electron chi connectivity index (χ3n) is 6.95. The maximum atomic E-state index is 13.9. The second kappa shape index (κ2) is 16.3. The smallest absolute Gasteiger partial charge is 0.408 e. The van der Waals surface area contributed by atoms with E-state index in [0.29, 0.717) is 12.0 Å². The highest BCUT2D eigenvalue weighted by Gasteiger charge is 2.37. The number of phenolic OH excluding ortho intramolecular Hbond substituents is 1. The fraction of sp³-hybridized carbons (Fsp3) is 0.700. The number of carbonyl (C=O) groups excluding carboxylic acids is 3. The second-order valence-electron chi connectivity index (χ2n) is 11.5. The Bertz CT molecular complexity index is 910. The van der Waals surface area contributed by atoms with Crippen molar-refractivity contribution in [3.05, 3.63) is 29.8 Å². The zero-order valence-electron chi connectivity index (χ0n) is 24.2. The van der Waals surface area contributed by atoms with E-state index < -0.39 is 36.3 Å². The van der Waals surface area contributed by atoms with Gasteiger partial charge in [0.1, 0.15) is 23.4 Å². The van der Waals surface area contributed by atoms with Crippen molar-refractivity contribution in [2.45, 2.75) is 122 Å². The first-order valence-corrected chi connectivity index (χ1v) is 14.6. The molecular formula is C30H49N3O6. The van der Waals surface area contributed by atoms with Crippen LogP contribution in [-0.4, -0.2) is 63.9 Å². The molecule has 9 heteroatoms. The topological polar surface area (TPSA) is 128 Å². The molecule has 0 bridgehead atoms. The number of hydrogen-bond acceptors (Lipinski definition) is 6. The van der Waals surface area contributed by atoms with Crippen LogP contribution in [0.2, 0.25) is 0 Å². The van der Waals surface area contributed by atoms with Crippen molar-refractivity contribution in [2.75, 3.05) is 13.2 Å². The highest BCUT2D eigenvalue weighted by Crippen LogP contribution is 2.31. The molecule has 2 atom stereocenters. The summed E-state index contributed by atoms with van der Waals surface area (Å²) in [6.07, 6.45) is 9.94. The number of para-hydroxylation sites is 1. The number of ether oxygens (including phenoxy) is 1. The summed E-state index contributed by atoms with van der Waals surface area (Å²) in [5.74, 6) is -1.08. The standard InChI is InChI=1S/C30H49N3O6/c1-5-6-7-8-9-15-20-33(28(37)24(21-34)32-29(38)39-30(2,3)4)26(23-18-13-14-19-25(23)35)27(36)31-22-16-11-10-12-17-22/h13-14,18-19,22,24,26,34-35H,5-12,15-17,20-21H2,1-4H3,(H,31,36)(H,32,38). The van der Waals surface area contributed by atoms with Crippen molar-refractivity contribution in [2.24, 2.45) is 0 Å². The highest BCUT2D eigenvalue weighted by atomic mass is 16.6. The molecule has 0 saturated heterocycles. The summed E-state index contributed by atoms with van der Waals surface area (Å²) in [5.41, 5.74) is -0.483. The minimum Gasteiger partial charge on any atom is -0.508 e. The number of nitrogens with one attached hydrogen (secondary N) is 2. The van der Waals surface area contributed by atoms with E-state index in [1.807, 2.05) is 0 Å². The van der Waals surface area contributed by atoms with Crippen molar-refractivity contribution in [3.63, 3.8) is 0 Å². The van der Waals surface area contributed by atoms with Crippen LogP contribution >= 0.6 is 0 Å². The number of nitrogens with zero attached hydrogens (tertiary/aromatic N) is 1. The van der Waals surface area contributed by atoms with Crippen LogP contribution in [0.3, 0.4) is 0 Å². The number of aromatic hydroxyl groups is 1. The van der Waals surface area contributed by atoms with Gasteiger partial charge in [0.05, 0.1) is 6.61 Å². The molecule has 1 fully saturated rings. The maximum absolute atomic E-state index is 13.9. The van der Waals surface area contributed by atoms with Crippen LogP contribution in [0.4, 0.5) is 4.79 Å². The minimum absolute atomic E-state index is 0.000807. The van der Waals surface area contributed by atoms with Crippen LogP contribution in [0.15, 0.2) is 24.3 Å². The van der Waals surface area contributed by atoms with Gasteiger partial charge in [-0.3, -0.25) is 9.59 Å². The predicted octanol–water partition coefficient (Wildman–Crippen LogP) is 4.96. The molecule has 9 nitrogen and oxygen atoms in total. The van der Waals surface area contributed by atoms with Gasteiger partial charge in [0, 0.05) is 18.2 Å². The fourth-order valence-electron chi connectivity index (χ4n) is 4.96. The lowest BCUT2D eigenvalue weighted by Gasteiger charge is -2.35. The Balaban J connectivity index is 2.37. The molecule has 0 radical (unpaired) electrons. The van der Waals surface area contributed by atoms with Gasteiger partial charge in [-0.2, -0.15) is 0 Å². The summed E-state index contributed by atoms with van der Waals surface area (Å²) in [6, 6.07) is 4.07. The Kier molecular flexibility index (Phi) is 13.6. The second-order valence-corrected chi connectivity index (χ2v) is 11.5. The first kappa shape index (κ1) is 32.4. The molecule has 0 spiro atoms. The first-order valence-electron chi connectivity index (χ1n) is 14.6. The lowest BCUT2D eigenvalue weighted by atomic mass is 9.94. The Morgan fingerprint density at radius 1 is 1.03 bits per heavy atom. The number of hydrogen-bond donors (Lipinski definition) is 4. The Morgan fingerprint density at radius 2 is 1.67 bits per heavy atom. The first-order chi connectivity index (χ1) is 18.6. The van der Waals surface area contributed by atoms with E-state index in [1.165, 1.54) is 11.0 Å². The Labute approximate surface area is 233 Å². The van der Waals surface area contributed by atoms with E-state index >= 15 is 0 Å². The van der Waals surface area contributed by atoms with Gasteiger partial charge in [0.2, 0.25) is 11.8 Å². The summed E-state index contributed by atoms with van der Waals surface area (Å²) >= 11 is 0. The SMILES string of the molecule is CCCCCCCCN(C(=O)C(CO)NC(=O)OC(C)(C)C)C(C(=O)NC1CCCCC1)c1ccccc1O. The van der Waals surface area contributed by atoms with Crippen LogP contribution in [-0.2, 0) is 14.3 Å². The van der Waals surface area contributed by atoms with E-state index in [2.05, 4.69) is 17.6 Å². The third kappa shape index (κ3) is 11.1. The van der Waals surface area contributed by atoms with Gasteiger partial charge in [0.25, 0.3) is 0 Å². The van der Waals surface area contributed by atoms with Crippen LogP contribution < -0.4 is 10.6 Å². The van der Waals surface area contributed by atoms with Crippen LogP contribution in [0, 0.1) is 0 Å². The number of aliphatic hydroxyl groups excluding tert-OH is 1. The van der Waals surface area contributed by atoms with Crippen LogP contribution in [0.1, 0.15) is 110 Å². The average molecular weight is 548 g/mol. The average Bonchev–Trinajstić information content (AvgIpc) is 2.88. The number of unbranched alkanes of at least 4 members (excludes halogenated alkanes) is 5. The van der Waals surface area contributed by atoms with Gasteiger partial charge in [-0.05, 0) is 46.1 Å². The molecule has 1 aromatic rings. The molecule has 1 saturated carbocycles. The molecule has 4 N–H and O–H groups in total. The van der Waals surface area contributed by atoms with E-state index in [0.717, 1.165) is 64.2 Å². The molecule has 39 heavy (non-hydrogen) atoms. The normalized spacial score (nSPS) is 15.7. The number of amides is 3. The van der Waals surface area contributed by atoms with Gasteiger partial charge in [-0.25, -0.2) is 4.79 Å². The van der Waals surface area contributed by atoms with E-state index in [4.69, 9.17) is 4.74 Å². The zero-order valence-corrected chi connectivity index (χ0v) is 24.2. The molecule has 2 rings (SSSR count). The molecule has 0 heterocycles. The summed E-state index contributed by atoms with van der Waals surface area (Å²) < 4.78 is 5.30. The van der Waals surface area contributed by atoms with E-state index in [9.17, 15) is 24.6 Å². The monoisotopic (exact) mass is 547 g/mol. The maximum Gasteiger partial charge on any atom is 0.408 e. The van der Waals surface area contributed by atoms with Gasteiger partial charge in [-0.15, -0.1) is 0 Å². The van der Waals surface area contributed by atoms with Crippen molar-refractivity contribution in [1.29, 1.82) is 0 Å². The lowest BCUT2D eigenvalue weighted by Crippen LogP contribution is -2.55. The molecule has 0 aliphatic heterocycles. The Morgan fingerprint density at radius 3 is 2.28 bits per heavy atom. The summed E-state index contributed by atoms with van der Waals surface area (Å²) in [7, 11) is 0. The minimum atomic E-state index is -1.31. The molecule has 0 aromatic heterocycles. The summed E-state index contributed by atoms with van der Waals surface area (Å²) in [4.78, 5) is 41.6. The fourth-order valence-corrected chi connectivity index (χ4v) is 4.96. The predicted molar refractivity (Wildman–Crippen MR) is 151 cm³/mol. The van der Waals surface area contributed by atoms with Crippen LogP contribution in [0.25, 0.3) is 0 Å². The van der Waals surface area contributed by atoms with Gasteiger partial charge in [-0.1, -0.05) is 76.5 Å². The molecular weight excluding hydrogens is 498 g/mol. The molecule has 220 valence electrons. The van der Waals surface area contributed by atoms with Crippen molar-refractivity contribution in [1.82, 2.24) is 15.5 Å². The number of rotatable bonds is 14. The number of aliphatic hydroxyl groups is 1. The summed E-state index contributed by atoms with van der Waals surface area (Å²) in [5, 5.41) is 26.4. The summed E-state index contributed by atoms with van der Waals surface area (Å²) in [6.45, 7) is 6.83. The van der Waals surface area contributed by atoms with Crippen molar-refractivity contribution >= 4 is 17.9 Å². The highest BCUT2D eigenvalue weighted by molar-refractivity contribution is 5.92. The molecule has 3 amide bonds. The van der Waals surface area contributed by atoms with Gasteiger partial charge >= 0.3 is 6.09 Å². The Hall–Kier alpha value is -2.81. The number of carbonyl (C=O) groups is 3. The molecule has 1 aliphatic rings. The molecule has 2 unspecified atom stereocenters. The third-order valence-corrected chi connectivity index (χ3v) is 6.95. The molecule has 1 aliphatic carbocycles. The lowest BCUT2D eigenvalue weighted by molar-refractivity contribution is -0.143. The quantitative estimate of drug-likeness (QED) is 0.244. The van der Waals surface area contributed by atoms with Gasteiger partial charge < -0.3 is 30.5 Å². The van der Waals surface area contributed by atoms with E-state index in [1.54, 1.807) is 39.0 Å².